The van der Waals surface area contributed by atoms with Crippen LogP contribution in [-0.4, -0.2) is 62.4 Å². The van der Waals surface area contributed by atoms with Crippen LogP contribution in [-0.2, 0) is 59.6 Å². The smallest absolute Gasteiger partial charge is 0.407 e. The normalized spacial score (nSPS) is 18.8. The van der Waals surface area contributed by atoms with E-state index in [1.807, 2.05) is 84.9 Å². The lowest BCUT2D eigenvalue weighted by molar-refractivity contribution is -0.262. The van der Waals surface area contributed by atoms with E-state index in [0.29, 0.717) is 45.3 Å². The number of carbonyl (C=O) groups excluding carboxylic acids is 2. The molecule has 5 rings (SSSR count). The van der Waals surface area contributed by atoms with Crippen molar-refractivity contribution in [2.75, 3.05) is 19.8 Å². The fourth-order valence-corrected chi connectivity index (χ4v) is 9.89. The topological polar surface area (TPSA) is 114 Å². The molecule has 408 valence electrons. The largest absolute Gasteiger partial charge is 0.445 e. The number of rotatable bonds is 39. The minimum Gasteiger partial charge on any atom is -0.445 e. The first-order chi connectivity index (χ1) is 36.3. The van der Waals surface area contributed by atoms with Gasteiger partial charge in [-0.3, -0.25) is 4.79 Å². The molecule has 0 saturated carbocycles. The van der Waals surface area contributed by atoms with Gasteiger partial charge >= 0.3 is 6.09 Å². The van der Waals surface area contributed by atoms with Crippen LogP contribution in [0.2, 0.25) is 0 Å². The van der Waals surface area contributed by atoms with E-state index in [2.05, 4.69) is 74.7 Å². The molecule has 8 atom stereocenters. The van der Waals surface area contributed by atoms with E-state index in [9.17, 15) is 9.59 Å². The zero-order chi connectivity index (χ0) is 52.3. The number of ether oxygens (including phenoxy) is 6. The van der Waals surface area contributed by atoms with Gasteiger partial charge in [0, 0.05) is 18.9 Å². The van der Waals surface area contributed by atoms with Crippen molar-refractivity contribution in [3.05, 3.63) is 144 Å². The Morgan fingerprint density at radius 1 is 0.541 bits per heavy atom. The summed E-state index contributed by atoms with van der Waals surface area (Å²) in [6.07, 6.45) is 18.9. The lowest BCUT2D eigenvalue weighted by Crippen LogP contribution is -2.54. The van der Waals surface area contributed by atoms with Crippen LogP contribution in [0, 0.1) is 17.8 Å². The summed E-state index contributed by atoms with van der Waals surface area (Å²) in [6.45, 7) is 11.8. The first-order valence-electron chi connectivity index (χ1n) is 28.7. The van der Waals surface area contributed by atoms with Crippen LogP contribution in [0.25, 0.3) is 0 Å². The molecule has 1 fully saturated rings. The van der Waals surface area contributed by atoms with Gasteiger partial charge in [0.2, 0.25) is 5.91 Å². The van der Waals surface area contributed by atoms with E-state index in [0.717, 1.165) is 73.6 Å². The molecule has 1 aliphatic heterocycles. The molecule has 0 radical (unpaired) electrons. The molecular weight excluding hydrogens is 925 g/mol. The summed E-state index contributed by atoms with van der Waals surface area (Å²) in [5.74, 6) is 0.654. The Labute approximate surface area is 446 Å². The quantitative estimate of drug-likeness (QED) is 0.0425. The van der Waals surface area contributed by atoms with Crippen molar-refractivity contribution in [2.45, 2.75) is 207 Å². The predicted molar refractivity (Wildman–Crippen MR) is 298 cm³/mol. The van der Waals surface area contributed by atoms with E-state index < -0.39 is 24.5 Å². The van der Waals surface area contributed by atoms with Gasteiger partial charge in [0.15, 0.2) is 6.29 Å². The van der Waals surface area contributed by atoms with Crippen molar-refractivity contribution in [3.8, 4) is 0 Å². The third kappa shape index (κ3) is 24.4. The third-order valence-electron chi connectivity index (χ3n) is 14.9. The molecule has 0 spiro atoms. The van der Waals surface area contributed by atoms with Gasteiger partial charge in [0.05, 0.1) is 51.3 Å². The van der Waals surface area contributed by atoms with Crippen LogP contribution in [0.5, 0.6) is 0 Å². The molecule has 2 unspecified atom stereocenters. The molecular formula is C64H94N2O8. The number of amides is 2. The maximum atomic E-state index is 14.2. The van der Waals surface area contributed by atoms with Crippen molar-refractivity contribution in [1.29, 1.82) is 0 Å². The highest BCUT2D eigenvalue weighted by atomic mass is 16.7. The van der Waals surface area contributed by atoms with E-state index in [4.69, 9.17) is 28.4 Å². The van der Waals surface area contributed by atoms with Crippen LogP contribution in [0.1, 0.15) is 172 Å². The van der Waals surface area contributed by atoms with Crippen molar-refractivity contribution >= 4 is 12.0 Å². The number of hydrogen-bond acceptors (Lipinski definition) is 8. The second kappa shape index (κ2) is 37.2. The maximum absolute atomic E-state index is 14.2. The molecule has 74 heavy (non-hydrogen) atoms. The van der Waals surface area contributed by atoms with Gasteiger partial charge in [-0.25, -0.2) is 4.79 Å². The molecule has 4 aromatic rings. The van der Waals surface area contributed by atoms with E-state index in [1.54, 1.807) is 0 Å². The Kier molecular flexibility index (Phi) is 30.3. The first-order valence-corrected chi connectivity index (χ1v) is 28.7. The van der Waals surface area contributed by atoms with Gasteiger partial charge < -0.3 is 39.1 Å². The summed E-state index contributed by atoms with van der Waals surface area (Å²) in [5.41, 5.74) is 4.24. The summed E-state index contributed by atoms with van der Waals surface area (Å²) in [5, 5.41) is 6.32. The average Bonchev–Trinajstić information content (AvgIpc) is 3.43. The molecule has 0 bridgehead atoms. The number of carbonyl (C=O) groups is 2. The second-order valence-corrected chi connectivity index (χ2v) is 20.9. The summed E-state index contributed by atoms with van der Waals surface area (Å²) < 4.78 is 39.3. The summed E-state index contributed by atoms with van der Waals surface area (Å²) in [7, 11) is 0. The van der Waals surface area contributed by atoms with Crippen molar-refractivity contribution in [3.63, 3.8) is 0 Å². The Hall–Kier alpha value is -4.58. The van der Waals surface area contributed by atoms with Gasteiger partial charge in [-0.2, -0.15) is 0 Å². The Balaban J connectivity index is 1.25. The maximum Gasteiger partial charge on any atom is 0.407 e. The van der Waals surface area contributed by atoms with Gasteiger partial charge in [0.1, 0.15) is 12.7 Å². The van der Waals surface area contributed by atoms with Gasteiger partial charge in [-0.05, 0) is 53.4 Å². The molecule has 0 aliphatic carbocycles. The predicted octanol–water partition coefficient (Wildman–Crippen LogP) is 14.9. The second-order valence-electron chi connectivity index (χ2n) is 20.9. The van der Waals surface area contributed by atoms with E-state index in [-0.39, 0.29) is 43.2 Å². The van der Waals surface area contributed by atoms with E-state index in [1.165, 1.54) is 64.2 Å². The lowest BCUT2D eigenvalue weighted by atomic mass is 9.79. The van der Waals surface area contributed by atoms with Crippen LogP contribution in [0.15, 0.2) is 121 Å². The number of unbranched alkanes of at least 4 members (excludes halogenated alkanes) is 15. The minimum absolute atomic E-state index is 0.0336. The SMILES string of the molecule is CCCCCCCCCCCCCC[C@@H](OCc1ccccc1)[C@@H](OCc1ccccc1)[C@H](CO[C@H]1OC(COCc2ccccc2)[C@H](C)[C@H](C)C1C)NC(=O)CCCCCCCNC(=O)OCc1ccccc1. The number of hydrogen-bond donors (Lipinski definition) is 2. The fraction of sp³-hybridized carbons (Fsp3) is 0.594. The molecule has 1 heterocycles. The molecule has 1 aliphatic rings. The van der Waals surface area contributed by atoms with Crippen LogP contribution < -0.4 is 10.6 Å². The van der Waals surface area contributed by atoms with Crippen LogP contribution in [0.4, 0.5) is 4.79 Å². The van der Waals surface area contributed by atoms with Gasteiger partial charge in [0.25, 0.3) is 0 Å². The summed E-state index contributed by atoms with van der Waals surface area (Å²) in [6, 6.07) is 40.0. The van der Waals surface area contributed by atoms with Crippen molar-refractivity contribution in [2.24, 2.45) is 17.8 Å². The molecule has 4 aromatic carbocycles. The standard InChI is InChI=1S/C64H94N2O8/c1-5-6-7-8-9-10-11-12-13-14-16-31-42-59(70-46-55-36-25-20-26-37-55)62(71-47-56-38-27-21-28-39-56)58(49-72-63-53(4)51(2)52(3)60(74-63)50-69-45-54-34-23-19-24-35-54)66-61(67)43-32-17-15-18-33-44-65-64(68)73-48-57-40-29-22-30-41-57/h19-30,34-41,51-53,58-60,62-63H,5-18,31-33,42-50H2,1-4H3,(H,65,68)(H,66,67)/t51-,52+,53?,58-,59+,60?,62-,63-/m0/s1. The Morgan fingerprint density at radius 3 is 1.59 bits per heavy atom. The number of alkyl carbamates (subject to hydrolysis) is 1. The Morgan fingerprint density at radius 2 is 1.03 bits per heavy atom. The third-order valence-corrected chi connectivity index (χ3v) is 14.9. The van der Waals surface area contributed by atoms with Crippen LogP contribution in [0.3, 0.4) is 0 Å². The van der Waals surface area contributed by atoms with Crippen molar-refractivity contribution < 1.29 is 38.0 Å². The Bertz CT molecular complexity index is 2010. The highest BCUT2D eigenvalue weighted by Gasteiger charge is 2.41. The molecule has 10 nitrogen and oxygen atoms in total. The minimum atomic E-state index is -0.518. The van der Waals surface area contributed by atoms with Crippen LogP contribution >= 0.6 is 0 Å². The summed E-state index contributed by atoms with van der Waals surface area (Å²) in [4.78, 5) is 26.4. The zero-order valence-corrected chi connectivity index (χ0v) is 45.8. The highest BCUT2D eigenvalue weighted by Crippen LogP contribution is 2.36. The molecule has 0 aromatic heterocycles. The lowest BCUT2D eigenvalue weighted by Gasteiger charge is -2.44. The number of benzene rings is 4. The fourth-order valence-electron chi connectivity index (χ4n) is 9.89. The molecule has 1 saturated heterocycles. The van der Waals surface area contributed by atoms with Crippen molar-refractivity contribution in [1.82, 2.24) is 10.6 Å². The summed E-state index contributed by atoms with van der Waals surface area (Å²) >= 11 is 0. The molecule has 10 heteroatoms. The molecule has 2 amide bonds. The van der Waals surface area contributed by atoms with Gasteiger partial charge in [-0.15, -0.1) is 0 Å². The zero-order valence-electron chi connectivity index (χ0n) is 45.8. The first kappa shape index (κ1) is 60.3. The number of nitrogens with one attached hydrogen (secondary N) is 2. The highest BCUT2D eigenvalue weighted by molar-refractivity contribution is 5.76. The molecule has 2 N–H and O–H groups in total. The van der Waals surface area contributed by atoms with E-state index >= 15 is 0 Å². The van der Waals surface area contributed by atoms with Gasteiger partial charge in [-0.1, -0.05) is 245 Å². The monoisotopic (exact) mass is 1020 g/mol. The average molecular weight is 1020 g/mol.